The Balaban J connectivity index is 1.24. The number of carbonyl (C=O) groups is 1. The van der Waals surface area contributed by atoms with Crippen LogP contribution in [-0.2, 0) is 11.3 Å². The monoisotopic (exact) mass is 449 g/mol. The van der Waals surface area contributed by atoms with E-state index in [0.29, 0.717) is 23.9 Å². The first kappa shape index (κ1) is 20.6. The van der Waals surface area contributed by atoms with Gasteiger partial charge in [0.2, 0.25) is 5.91 Å². The van der Waals surface area contributed by atoms with Crippen LogP contribution in [0.3, 0.4) is 0 Å². The Morgan fingerprint density at radius 3 is 2.62 bits per heavy atom. The van der Waals surface area contributed by atoms with Gasteiger partial charge in [-0.2, -0.15) is 0 Å². The van der Waals surface area contributed by atoms with Crippen LogP contribution >= 0.6 is 11.6 Å². The number of tetrazole rings is 1. The maximum Gasteiger partial charge on any atom is 0.223 e. The fourth-order valence-electron chi connectivity index (χ4n) is 4.42. The highest BCUT2D eigenvalue weighted by molar-refractivity contribution is 6.30. The molecule has 0 saturated carbocycles. The first-order valence-electron chi connectivity index (χ1n) is 10.8. The van der Waals surface area contributed by atoms with Crippen molar-refractivity contribution in [1.29, 1.82) is 0 Å². The molecule has 32 heavy (non-hydrogen) atoms. The van der Waals surface area contributed by atoms with Gasteiger partial charge in [-0.15, -0.1) is 5.10 Å². The topological polar surface area (TPSA) is 92.6 Å². The van der Waals surface area contributed by atoms with Crippen LogP contribution in [0.5, 0.6) is 0 Å². The summed E-state index contributed by atoms with van der Waals surface area (Å²) in [4.78, 5) is 23.3. The number of benzene rings is 2. The molecule has 5 rings (SSSR count). The highest BCUT2D eigenvalue weighted by Crippen LogP contribution is 2.30. The Labute approximate surface area is 190 Å². The predicted octanol–water partition coefficient (Wildman–Crippen LogP) is 3.78. The molecule has 0 aliphatic carbocycles. The number of nitrogens with one attached hydrogen (secondary N) is 1. The highest BCUT2D eigenvalue weighted by Gasteiger charge is 2.28. The maximum absolute atomic E-state index is 13.2. The van der Waals surface area contributed by atoms with Crippen LogP contribution in [0, 0.1) is 0 Å². The molecule has 1 aliphatic heterocycles. The second kappa shape index (κ2) is 9.08. The van der Waals surface area contributed by atoms with E-state index < -0.39 is 0 Å². The third kappa shape index (κ3) is 4.50. The molecule has 1 amide bonds. The summed E-state index contributed by atoms with van der Waals surface area (Å²) in [6, 6.07) is 15.7. The van der Waals surface area contributed by atoms with Crippen LogP contribution in [0.25, 0.3) is 11.0 Å². The van der Waals surface area contributed by atoms with Crippen LogP contribution in [0.1, 0.15) is 42.5 Å². The van der Waals surface area contributed by atoms with E-state index in [1.807, 2.05) is 53.4 Å². The van der Waals surface area contributed by atoms with Gasteiger partial charge in [-0.05, 0) is 53.1 Å². The van der Waals surface area contributed by atoms with Gasteiger partial charge in [-0.1, -0.05) is 35.9 Å². The minimum absolute atomic E-state index is 0.0311. The second-order valence-corrected chi connectivity index (χ2v) is 8.72. The summed E-state index contributed by atoms with van der Waals surface area (Å²) in [5.41, 5.74) is 3.11. The van der Waals surface area contributed by atoms with Crippen molar-refractivity contribution >= 4 is 28.5 Å². The predicted molar refractivity (Wildman–Crippen MR) is 121 cm³/mol. The molecule has 1 N–H and O–H groups in total. The van der Waals surface area contributed by atoms with Crippen LogP contribution in [-0.4, -0.2) is 54.1 Å². The van der Waals surface area contributed by atoms with Crippen molar-refractivity contribution in [3.8, 4) is 0 Å². The molecule has 1 atom stereocenters. The molecule has 8 nitrogen and oxygen atoms in total. The molecule has 1 aliphatic rings. The summed E-state index contributed by atoms with van der Waals surface area (Å²) in [6.45, 7) is 2.01. The summed E-state index contributed by atoms with van der Waals surface area (Å²) in [7, 11) is 0. The van der Waals surface area contributed by atoms with Crippen molar-refractivity contribution in [1.82, 2.24) is 35.1 Å². The van der Waals surface area contributed by atoms with Gasteiger partial charge >= 0.3 is 0 Å². The minimum atomic E-state index is -0.0311. The number of para-hydroxylation sites is 2. The minimum Gasteiger partial charge on any atom is -0.343 e. The molecule has 1 fully saturated rings. The number of likely N-dealkylation sites (tertiary alicyclic amines) is 1. The molecule has 3 heterocycles. The lowest BCUT2D eigenvalue weighted by atomic mass is 9.92. The molecule has 0 unspecified atom stereocenters. The van der Waals surface area contributed by atoms with E-state index in [0.717, 1.165) is 48.4 Å². The number of nitrogens with zero attached hydrogens (tertiary/aromatic N) is 6. The van der Waals surface area contributed by atoms with Crippen molar-refractivity contribution in [2.75, 3.05) is 13.1 Å². The highest BCUT2D eigenvalue weighted by atomic mass is 35.5. The van der Waals surface area contributed by atoms with Gasteiger partial charge in [-0.3, -0.25) is 4.79 Å². The molecule has 0 radical (unpaired) electrons. The Morgan fingerprint density at radius 1 is 1.12 bits per heavy atom. The smallest absolute Gasteiger partial charge is 0.223 e. The van der Waals surface area contributed by atoms with Crippen molar-refractivity contribution in [3.05, 3.63) is 71.3 Å². The molecule has 4 aromatic rings. The van der Waals surface area contributed by atoms with Gasteiger partial charge in [0, 0.05) is 36.4 Å². The molecule has 9 heteroatoms. The lowest BCUT2D eigenvalue weighted by Gasteiger charge is -2.32. The second-order valence-electron chi connectivity index (χ2n) is 8.28. The van der Waals surface area contributed by atoms with E-state index in [-0.39, 0.29) is 11.8 Å². The average Bonchev–Trinajstić information content (AvgIpc) is 3.49. The Bertz CT molecular complexity index is 1150. The number of amides is 1. The van der Waals surface area contributed by atoms with Gasteiger partial charge in [0.1, 0.15) is 12.2 Å². The quantitative estimate of drug-likeness (QED) is 0.483. The number of piperidine rings is 1. The summed E-state index contributed by atoms with van der Waals surface area (Å²) < 4.78 is 1.67. The fourth-order valence-corrected chi connectivity index (χ4v) is 4.55. The summed E-state index contributed by atoms with van der Waals surface area (Å²) >= 11 is 6.06. The van der Waals surface area contributed by atoms with E-state index in [9.17, 15) is 4.79 Å². The lowest BCUT2D eigenvalue weighted by molar-refractivity contribution is -0.132. The molecule has 2 aromatic carbocycles. The molecule has 1 saturated heterocycles. The van der Waals surface area contributed by atoms with Crippen LogP contribution < -0.4 is 0 Å². The lowest BCUT2D eigenvalue weighted by Crippen LogP contribution is -2.39. The number of hydrogen-bond donors (Lipinski definition) is 1. The van der Waals surface area contributed by atoms with Crippen LogP contribution in [0.2, 0.25) is 5.02 Å². The van der Waals surface area contributed by atoms with Gasteiger partial charge in [-0.25, -0.2) is 9.67 Å². The standard InChI is InChI=1S/C23H24ClN7O/c24-19-7-5-16(6-8-19)18(14-31-15-25-28-29-31)13-22(32)30-11-9-17(10-12-30)23-26-20-3-1-2-4-21(20)27-23/h1-8,15,17-18H,9-14H2,(H,26,27)/t18-/m0/s1. The number of aromatic amines is 1. The van der Waals surface area contributed by atoms with Crippen molar-refractivity contribution < 1.29 is 4.79 Å². The van der Waals surface area contributed by atoms with Crippen molar-refractivity contribution in [2.45, 2.75) is 37.6 Å². The Kier molecular flexibility index (Phi) is 5.85. The number of hydrogen-bond acceptors (Lipinski definition) is 5. The number of aromatic nitrogens is 6. The molecule has 164 valence electrons. The molecule has 2 aromatic heterocycles. The van der Waals surface area contributed by atoms with E-state index in [1.54, 1.807) is 11.0 Å². The molecule has 0 spiro atoms. The van der Waals surface area contributed by atoms with E-state index in [1.165, 1.54) is 0 Å². The normalized spacial score (nSPS) is 15.8. The fraction of sp³-hybridized carbons (Fsp3) is 0.348. The van der Waals surface area contributed by atoms with Gasteiger partial charge in [0.25, 0.3) is 0 Å². The van der Waals surface area contributed by atoms with E-state index >= 15 is 0 Å². The van der Waals surface area contributed by atoms with Crippen LogP contribution in [0.4, 0.5) is 0 Å². The summed E-state index contributed by atoms with van der Waals surface area (Å²) in [5, 5.41) is 12.1. The number of rotatable bonds is 6. The number of H-pyrrole nitrogens is 1. The molecular weight excluding hydrogens is 426 g/mol. The largest absolute Gasteiger partial charge is 0.343 e. The number of fused-ring (bicyclic) bond motifs is 1. The third-order valence-electron chi connectivity index (χ3n) is 6.20. The summed E-state index contributed by atoms with van der Waals surface area (Å²) in [5.74, 6) is 1.49. The average molecular weight is 450 g/mol. The van der Waals surface area contributed by atoms with E-state index in [4.69, 9.17) is 16.6 Å². The zero-order chi connectivity index (χ0) is 21.9. The Morgan fingerprint density at radius 2 is 1.91 bits per heavy atom. The third-order valence-corrected chi connectivity index (χ3v) is 6.46. The number of carbonyl (C=O) groups excluding carboxylic acids is 1. The SMILES string of the molecule is O=C(C[C@@H](Cn1cnnn1)c1ccc(Cl)cc1)N1CCC(c2nc3ccccc3[nH]2)CC1. The first-order valence-corrected chi connectivity index (χ1v) is 11.2. The Hall–Kier alpha value is -3.26. The number of imidazole rings is 1. The van der Waals surface area contributed by atoms with E-state index in [2.05, 4.69) is 20.5 Å². The van der Waals surface area contributed by atoms with Crippen LogP contribution in [0.15, 0.2) is 54.9 Å². The van der Waals surface area contributed by atoms with Gasteiger partial charge in [0.15, 0.2) is 0 Å². The summed E-state index contributed by atoms with van der Waals surface area (Å²) in [6.07, 6.45) is 3.79. The van der Waals surface area contributed by atoms with Crippen molar-refractivity contribution in [2.24, 2.45) is 0 Å². The van der Waals surface area contributed by atoms with Gasteiger partial charge in [0.05, 0.1) is 17.6 Å². The zero-order valence-corrected chi connectivity index (χ0v) is 18.3. The maximum atomic E-state index is 13.2. The zero-order valence-electron chi connectivity index (χ0n) is 17.6. The first-order chi connectivity index (χ1) is 15.7. The van der Waals surface area contributed by atoms with Gasteiger partial charge < -0.3 is 9.88 Å². The van der Waals surface area contributed by atoms with Crippen molar-refractivity contribution in [3.63, 3.8) is 0 Å². The molecular formula is C23H24ClN7O. The number of halogens is 1. The molecule has 0 bridgehead atoms.